The van der Waals surface area contributed by atoms with Crippen molar-refractivity contribution in [1.29, 1.82) is 0 Å². The SMILES string of the molecule is O=C(O)c1ccc2nc3c4ccccc4n(Cc4ccc(F)cc4F)c3nc2c1. The molecule has 7 heteroatoms. The molecule has 0 saturated heterocycles. The summed E-state index contributed by atoms with van der Waals surface area (Å²) in [6.07, 6.45) is 0. The number of fused-ring (bicyclic) bond motifs is 4. The minimum atomic E-state index is -1.05. The Kier molecular flexibility index (Phi) is 3.77. The molecule has 0 aliphatic carbocycles. The Hall–Kier alpha value is -3.87. The molecule has 1 N–H and O–H groups in total. The van der Waals surface area contributed by atoms with Crippen molar-refractivity contribution in [3.63, 3.8) is 0 Å². The van der Waals surface area contributed by atoms with Crippen LogP contribution in [-0.2, 0) is 6.54 Å². The molecule has 0 amide bonds. The van der Waals surface area contributed by atoms with Crippen LogP contribution in [-0.4, -0.2) is 25.6 Å². The molecule has 0 unspecified atom stereocenters. The second-order valence-electron chi connectivity index (χ2n) is 6.74. The van der Waals surface area contributed by atoms with Gasteiger partial charge in [-0.15, -0.1) is 0 Å². The number of para-hydroxylation sites is 1. The smallest absolute Gasteiger partial charge is 0.335 e. The molecule has 0 atom stereocenters. The van der Waals surface area contributed by atoms with Crippen LogP contribution in [0, 0.1) is 11.6 Å². The van der Waals surface area contributed by atoms with Gasteiger partial charge in [-0.25, -0.2) is 23.5 Å². The van der Waals surface area contributed by atoms with Gasteiger partial charge in [0, 0.05) is 17.0 Å². The first-order chi connectivity index (χ1) is 14.0. The van der Waals surface area contributed by atoms with Crippen LogP contribution in [0.3, 0.4) is 0 Å². The fraction of sp³-hybridized carbons (Fsp3) is 0.0455. The van der Waals surface area contributed by atoms with Gasteiger partial charge in [0.25, 0.3) is 0 Å². The predicted molar refractivity (Wildman–Crippen MR) is 105 cm³/mol. The normalized spacial score (nSPS) is 11.5. The van der Waals surface area contributed by atoms with Gasteiger partial charge >= 0.3 is 5.97 Å². The highest BCUT2D eigenvalue weighted by atomic mass is 19.1. The van der Waals surface area contributed by atoms with Crippen molar-refractivity contribution in [2.24, 2.45) is 0 Å². The van der Waals surface area contributed by atoms with E-state index in [4.69, 9.17) is 0 Å². The van der Waals surface area contributed by atoms with E-state index in [1.165, 1.54) is 24.3 Å². The first kappa shape index (κ1) is 17.2. The number of rotatable bonds is 3. The molecule has 5 aromatic rings. The van der Waals surface area contributed by atoms with E-state index >= 15 is 0 Å². The number of halogens is 2. The highest BCUT2D eigenvalue weighted by Crippen LogP contribution is 2.29. The Morgan fingerprint density at radius 2 is 1.79 bits per heavy atom. The molecule has 0 aliphatic rings. The summed E-state index contributed by atoms with van der Waals surface area (Å²) in [5.74, 6) is -2.33. The molecular weight excluding hydrogens is 376 g/mol. The maximum Gasteiger partial charge on any atom is 0.335 e. The quantitative estimate of drug-likeness (QED) is 0.483. The molecule has 0 radical (unpaired) electrons. The van der Waals surface area contributed by atoms with Gasteiger partial charge < -0.3 is 9.67 Å². The van der Waals surface area contributed by atoms with Crippen LogP contribution in [0.5, 0.6) is 0 Å². The summed E-state index contributed by atoms with van der Waals surface area (Å²) in [6.45, 7) is 0.134. The lowest BCUT2D eigenvalue weighted by molar-refractivity contribution is 0.0697. The van der Waals surface area contributed by atoms with Crippen molar-refractivity contribution < 1.29 is 18.7 Å². The van der Waals surface area contributed by atoms with Gasteiger partial charge in [0.15, 0.2) is 5.65 Å². The molecule has 2 aromatic heterocycles. The minimum absolute atomic E-state index is 0.110. The number of benzene rings is 3. The van der Waals surface area contributed by atoms with Gasteiger partial charge in [-0.05, 0) is 30.3 Å². The van der Waals surface area contributed by atoms with Crippen molar-refractivity contribution >= 4 is 39.1 Å². The fourth-order valence-corrected chi connectivity index (χ4v) is 3.55. The molecule has 0 aliphatic heterocycles. The first-order valence-electron chi connectivity index (χ1n) is 8.87. The lowest BCUT2D eigenvalue weighted by Crippen LogP contribution is -2.04. The molecule has 5 rings (SSSR count). The molecule has 5 nitrogen and oxygen atoms in total. The van der Waals surface area contributed by atoms with Gasteiger partial charge in [0.2, 0.25) is 0 Å². The summed E-state index contributed by atoms with van der Waals surface area (Å²) in [6, 6.07) is 15.6. The summed E-state index contributed by atoms with van der Waals surface area (Å²) in [5.41, 5.74) is 3.37. The zero-order chi connectivity index (χ0) is 20.1. The van der Waals surface area contributed by atoms with E-state index < -0.39 is 17.6 Å². The van der Waals surface area contributed by atoms with Crippen molar-refractivity contribution in [3.05, 3.63) is 83.4 Å². The van der Waals surface area contributed by atoms with Crippen molar-refractivity contribution in [1.82, 2.24) is 14.5 Å². The molecule has 2 heterocycles. The molecule has 3 aromatic carbocycles. The fourth-order valence-electron chi connectivity index (χ4n) is 3.55. The van der Waals surface area contributed by atoms with Crippen LogP contribution in [0.25, 0.3) is 33.1 Å². The van der Waals surface area contributed by atoms with Crippen molar-refractivity contribution in [2.45, 2.75) is 6.54 Å². The second kappa shape index (κ2) is 6.34. The number of carbonyl (C=O) groups is 1. The minimum Gasteiger partial charge on any atom is -0.478 e. The monoisotopic (exact) mass is 389 g/mol. The van der Waals surface area contributed by atoms with Crippen LogP contribution in [0.4, 0.5) is 8.78 Å². The maximum atomic E-state index is 14.3. The maximum absolute atomic E-state index is 14.3. The topological polar surface area (TPSA) is 68.0 Å². The summed E-state index contributed by atoms with van der Waals surface area (Å²) in [4.78, 5) is 20.6. The van der Waals surface area contributed by atoms with Crippen LogP contribution in [0.1, 0.15) is 15.9 Å². The molecular formula is C22H13F2N3O2. The summed E-state index contributed by atoms with van der Waals surface area (Å²) < 4.78 is 29.4. The Morgan fingerprint density at radius 3 is 2.59 bits per heavy atom. The average Bonchev–Trinajstić information content (AvgIpc) is 3.01. The largest absolute Gasteiger partial charge is 0.478 e. The van der Waals surface area contributed by atoms with Crippen molar-refractivity contribution in [2.75, 3.05) is 0 Å². The number of aromatic nitrogens is 3. The summed E-state index contributed by atoms with van der Waals surface area (Å²) in [7, 11) is 0. The molecule has 0 fully saturated rings. The van der Waals surface area contributed by atoms with E-state index in [0.717, 1.165) is 17.0 Å². The summed E-state index contributed by atoms with van der Waals surface area (Å²) in [5, 5.41) is 10.1. The number of carboxylic acid groups (broad SMARTS) is 1. The Bertz CT molecular complexity index is 1440. The third-order valence-electron chi connectivity index (χ3n) is 4.94. The number of carboxylic acids is 1. The highest BCUT2D eigenvalue weighted by molar-refractivity contribution is 6.06. The van der Waals surface area contributed by atoms with E-state index in [-0.39, 0.29) is 12.1 Å². The lowest BCUT2D eigenvalue weighted by atomic mass is 10.2. The van der Waals surface area contributed by atoms with E-state index in [1.54, 1.807) is 10.6 Å². The standard InChI is InChI=1S/C22H13F2N3O2/c23-14-7-5-13(16(24)10-14)11-27-19-4-2-1-3-15(19)20-21(27)26-18-9-12(22(28)29)6-8-17(18)25-20/h1-10H,11H2,(H,28,29). The number of nitrogens with zero attached hydrogens (tertiary/aromatic N) is 3. The molecule has 29 heavy (non-hydrogen) atoms. The molecule has 142 valence electrons. The van der Waals surface area contributed by atoms with Gasteiger partial charge in [0.1, 0.15) is 17.2 Å². The van der Waals surface area contributed by atoms with Crippen LogP contribution >= 0.6 is 0 Å². The van der Waals surface area contributed by atoms with Crippen LogP contribution in [0.15, 0.2) is 60.7 Å². The van der Waals surface area contributed by atoms with Crippen molar-refractivity contribution in [3.8, 4) is 0 Å². The van der Waals surface area contributed by atoms with E-state index in [9.17, 15) is 18.7 Å². The van der Waals surface area contributed by atoms with Crippen LogP contribution < -0.4 is 0 Å². The third kappa shape index (κ3) is 2.79. The number of hydrogen-bond donors (Lipinski definition) is 1. The van der Waals surface area contributed by atoms with Gasteiger partial charge in [-0.3, -0.25) is 0 Å². The van der Waals surface area contributed by atoms with E-state index in [2.05, 4.69) is 9.97 Å². The third-order valence-corrected chi connectivity index (χ3v) is 4.94. The molecule has 0 spiro atoms. The van der Waals surface area contributed by atoms with Gasteiger partial charge in [-0.1, -0.05) is 24.3 Å². The summed E-state index contributed by atoms with van der Waals surface area (Å²) >= 11 is 0. The molecule has 0 saturated carbocycles. The second-order valence-corrected chi connectivity index (χ2v) is 6.74. The zero-order valence-corrected chi connectivity index (χ0v) is 14.9. The Morgan fingerprint density at radius 1 is 0.966 bits per heavy atom. The van der Waals surface area contributed by atoms with E-state index in [0.29, 0.717) is 27.8 Å². The van der Waals surface area contributed by atoms with Crippen LogP contribution in [0.2, 0.25) is 0 Å². The first-order valence-corrected chi connectivity index (χ1v) is 8.87. The zero-order valence-electron chi connectivity index (χ0n) is 14.9. The lowest BCUT2D eigenvalue weighted by Gasteiger charge is -2.08. The predicted octanol–water partition coefficient (Wildman–Crippen LogP) is 4.76. The Labute approximate surface area is 162 Å². The Balaban J connectivity index is 1.80. The molecule has 0 bridgehead atoms. The average molecular weight is 389 g/mol. The van der Waals surface area contributed by atoms with Gasteiger partial charge in [-0.2, -0.15) is 0 Å². The highest BCUT2D eigenvalue weighted by Gasteiger charge is 2.16. The number of aromatic carboxylic acids is 1. The van der Waals surface area contributed by atoms with E-state index in [1.807, 2.05) is 24.3 Å². The number of hydrogen-bond acceptors (Lipinski definition) is 3. The van der Waals surface area contributed by atoms with Gasteiger partial charge in [0.05, 0.1) is 28.7 Å².